The Hall–Kier alpha value is -0.450. The van der Waals surface area contributed by atoms with Crippen LogP contribution in [0.1, 0.15) is 37.7 Å². The number of hydrogen-bond acceptors (Lipinski definition) is 2. The van der Waals surface area contributed by atoms with E-state index in [2.05, 4.69) is 21.2 Å². The van der Waals surface area contributed by atoms with E-state index >= 15 is 0 Å². The van der Waals surface area contributed by atoms with Gasteiger partial charge in [-0.25, -0.2) is 4.39 Å². The van der Waals surface area contributed by atoms with Crippen LogP contribution >= 0.6 is 15.9 Å². The second kappa shape index (κ2) is 6.13. The number of nitrogens with one attached hydrogen (secondary N) is 1. The lowest BCUT2D eigenvalue weighted by atomic mass is 9.85. The van der Waals surface area contributed by atoms with Crippen molar-refractivity contribution in [1.29, 1.82) is 0 Å². The molecule has 0 saturated heterocycles. The van der Waals surface area contributed by atoms with Crippen molar-refractivity contribution in [2.75, 3.05) is 6.54 Å². The van der Waals surface area contributed by atoms with Gasteiger partial charge in [0.05, 0.1) is 5.60 Å². The van der Waals surface area contributed by atoms with E-state index < -0.39 is 5.60 Å². The summed E-state index contributed by atoms with van der Waals surface area (Å²) in [7, 11) is 0. The van der Waals surface area contributed by atoms with E-state index in [1.165, 1.54) is 12.5 Å². The van der Waals surface area contributed by atoms with Crippen LogP contribution in [0.25, 0.3) is 0 Å². The monoisotopic (exact) mass is 315 g/mol. The highest BCUT2D eigenvalue weighted by Gasteiger charge is 2.28. The molecule has 1 aliphatic carbocycles. The van der Waals surface area contributed by atoms with Crippen LogP contribution in [-0.2, 0) is 6.54 Å². The molecule has 1 aromatic rings. The molecule has 0 radical (unpaired) electrons. The number of hydrogen-bond donors (Lipinski definition) is 2. The summed E-state index contributed by atoms with van der Waals surface area (Å²) < 4.78 is 14.3. The van der Waals surface area contributed by atoms with Crippen LogP contribution in [0, 0.1) is 5.82 Å². The lowest BCUT2D eigenvalue weighted by Crippen LogP contribution is -2.41. The van der Waals surface area contributed by atoms with Gasteiger partial charge in [-0.3, -0.25) is 0 Å². The Balaban J connectivity index is 1.84. The zero-order valence-electron chi connectivity index (χ0n) is 10.4. The topological polar surface area (TPSA) is 32.3 Å². The predicted octanol–water partition coefficient (Wildman–Crippen LogP) is 3.37. The molecule has 0 heterocycles. The minimum absolute atomic E-state index is 0.215. The summed E-state index contributed by atoms with van der Waals surface area (Å²) in [6.45, 7) is 1.00. The van der Waals surface area contributed by atoms with Crippen molar-refractivity contribution in [3.63, 3.8) is 0 Å². The van der Waals surface area contributed by atoms with Gasteiger partial charge in [-0.1, -0.05) is 41.3 Å². The van der Waals surface area contributed by atoms with Gasteiger partial charge < -0.3 is 10.4 Å². The Morgan fingerprint density at radius 2 is 2.00 bits per heavy atom. The lowest BCUT2D eigenvalue weighted by molar-refractivity contribution is 0.00462. The smallest absolute Gasteiger partial charge is 0.128 e. The molecule has 2 rings (SSSR count). The minimum atomic E-state index is -0.593. The SMILES string of the molecule is OC1(CNCc2ccc(Br)cc2F)CCCCC1. The van der Waals surface area contributed by atoms with Crippen LogP contribution in [0.15, 0.2) is 22.7 Å². The molecule has 4 heteroatoms. The Kier molecular flexibility index (Phi) is 4.76. The van der Waals surface area contributed by atoms with Gasteiger partial charge in [0.25, 0.3) is 0 Å². The van der Waals surface area contributed by atoms with E-state index in [9.17, 15) is 9.50 Å². The Morgan fingerprint density at radius 3 is 2.67 bits per heavy atom. The highest BCUT2D eigenvalue weighted by Crippen LogP contribution is 2.27. The van der Waals surface area contributed by atoms with Crippen LogP contribution < -0.4 is 5.32 Å². The van der Waals surface area contributed by atoms with Gasteiger partial charge in [-0.15, -0.1) is 0 Å². The fourth-order valence-corrected chi connectivity index (χ4v) is 2.81. The molecule has 1 aliphatic rings. The van der Waals surface area contributed by atoms with Gasteiger partial charge >= 0.3 is 0 Å². The second-order valence-electron chi connectivity index (χ2n) is 5.12. The van der Waals surface area contributed by atoms with Gasteiger partial charge in [0, 0.05) is 23.1 Å². The van der Waals surface area contributed by atoms with Crippen molar-refractivity contribution in [3.8, 4) is 0 Å². The first-order valence-corrected chi connectivity index (χ1v) is 7.25. The number of aliphatic hydroxyl groups is 1. The van der Waals surface area contributed by atoms with Gasteiger partial charge in [0.15, 0.2) is 0 Å². The van der Waals surface area contributed by atoms with Crippen molar-refractivity contribution < 1.29 is 9.50 Å². The fraction of sp³-hybridized carbons (Fsp3) is 0.571. The molecule has 0 unspecified atom stereocenters. The summed E-state index contributed by atoms with van der Waals surface area (Å²) in [6, 6.07) is 5.05. The van der Waals surface area contributed by atoms with Crippen molar-refractivity contribution in [3.05, 3.63) is 34.1 Å². The molecule has 0 aromatic heterocycles. The summed E-state index contributed by atoms with van der Waals surface area (Å²) in [4.78, 5) is 0. The molecular weight excluding hydrogens is 297 g/mol. The highest BCUT2D eigenvalue weighted by atomic mass is 79.9. The van der Waals surface area contributed by atoms with E-state index in [0.717, 1.165) is 30.2 Å². The van der Waals surface area contributed by atoms with Gasteiger partial charge in [-0.05, 0) is 25.0 Å². The number of benzene rings is 1. The molecule has 1 saturated carbocycles. The Labute approximate surface area is 116 Å². The van der Waals surface area contributed by atoms with Crippen LogP contribution in [0.5, 0.6) is 0 Å². The molecular formula is C14H19BrFNO. The van der Waals surface area contributed by atoms with Gasteiger partial charge in [0.2, 0.25) is 0 Å². The molecule has 0 bridgehead atoms. The minimum Gasteiger partial charge on any atom is -0.389 e. The van der Waals surface area contributed by atoms with Crippen molar-refractivity contribution in [2.24, 2.45) is 0 Å². The number of rotatable bonds is 4. The molecule has 18 heavy (non-hydrogen) atoms. The van der Waals surface area contributed by atoms with E-state index in [4.69, 9.17) is 0 Å². The van der Waals surface area contributed by atoms with Crippen molar-refractivity contribution >= 4 is 15.9 Å². The largest absolute Gasteiger partial charge is 0.389 e. The van der Waals surface area contributed by atoms with Crippen molar-refractivity contribution in [1.82, 2.24) is 5.32 Å². The zero-order valence-corrected chi connectivity index (χ0v) is 12.0. The second-order valence-corrected chi connectivity index (χ2v) is 6.04. The first kappa shape index (κ1) is 14.0. The lowest BCUT2D eigenvalue weighted by Gasteiger charge is -2.32. The maximum absolute atomic E-state index is 13.6. The summed E-state index contributed by atoms with van der Waals surface area (Å²) in [5.41, 5.74) is 0.0435. The fourth-order valence-electron chi connectivity index (χ4n) is 2.48. The molecule has 0 atom stereocenters. The van der Waals surface area contributed by atoms with E-state index in [0.29, 0.717) is 18.7 Å². The molecule has 2 nitrogen and oxygen atoms in total. The molecule has 100 valence electrons. The quantitative estimate of drug-likeness (QED) is 0.892. The molecule has 0 spiro atoms. The van der Waals surface area contributed by atoms with Crippen LogP contribution in [-0.4, -0.2) is 17.3 Å². The maximum atomic E-state index is 13.6. The Morgan fingerprint density at radius 1 is 1.28 bits per heavy atom. The third-order valence-electron chi connectivity index (χ3n) is 3.57. The molecule has 0 aliphatic heterocycles. The summed E-state index contributed by atoms with van der Waals surface area (Å²) in [6.07, 6.45) is 5.09. The van der Waals surface area contributed by atoms with E-state index in [1.807, 2.05) is 6.07 Å². The third-order valence-corrected chi connectivity index (χ3v) is 4.06. The molecule has 1 fully saturated rings. The van der Waals surface area contributed by atoms with Gasteiger partial charge in [0.1, 0.15) is 5.82 Å². The predicted molar refractivity (Wildman–Crippen MR) is 73.8 cm³/mol. The highest BCUT2D eigenvalue weighted by molar-refractivity contribution is 9.10. The van der Waals surface area contributed by atoms with Crippen LogP contribution in [0.4, 0.5) is 4.39 Å². The average molecular weight is 316 g/mol. The molecule has 1 aromatic carbocycles. The van der Waals surface area contributed by atoms with Gasteiger partial charge in [-0.2, -0.15) is 0 Å². The summed E-state index contributed by atoms with van der Waals surface area (Å²) in [5.74, 6) is -0.215. The first-order chi connectivity index (χ1) is 8.59. The average Bonchev–Trinajstić information content (AvgIpc) is 2.33. The Bertz CT molecular complexity index is 405. The van der Waals surface area contributed by atoms with Crippen LogP contribution in [0.2, 0.25) is 0 Å². The standard InChI is InChI=1S/C14H19BrFNO/c15-12-5-4-11(13(16)8-12)9-17-10-14(18)6-2-1-3-7-14/h4-5,8,17-18H,1-3,6-7,9-10H2. The number of halogens is 2. The first-order valence-electron chi connectivity index (χ1n) is 6.46. The van der Waals surface area contributed by atoms with Crippen LogP contribution in [0.3, 0.4) is 0 Å². The van der Waals surface area contributed by atoms with E-state index in [-0.39, 0.29) is 5.82 Å². The maximum Gasteiger partial charge on any atom is 0.128 e. The normalized spacial score (nSPS) is 18.8. The summed E-state index contributed by atoms with van der Waals surface area (Å²) in [5, 5.41) is 13.5. The molecule has 0 amide bonds. The third kappa shape index (κ3) is 3.77. The van der Waals surface area contributed by atoms with E-state index in [1.54, 1.807) is 6.07 Å². The zero-order chi connectivity index (χ0) is 13.0. The molecule has 2 N–H and O–H groups in total. The summed E-state index contributed by atoms with van der Waals surface area (Å²) >= 11 is 3.24. The van der Waals surface area contributed by atoms with Crippen molar-refractivity contribution in [2.45, 2.75) is 44.2 Å².